The van der Waals surface area contributed by atoms with Crippen molar-refractivity contribution < 1.29 is 53.7 Å². The zero-order valence-corrected chi connectivity index (χ0v) is 30.3. The molecule has 6 amide bonds. The summed E-state index contributed by atoms with van der Waals surface area (Å²) < 4.78 is 0. The predicted octanol–water partition coefficient (Wildman–Crippen LogP) is -2.72. The lowest BCUT2D eigenvalue weighted by molar-refractivity contribution is -0.147. The Hall–Kier alpha value is -4.36. The molecular weight excluding hydrogens is 672 g/mol. The molecule has 19 heteroatoms. The molecule has 0 heterocycles. The van der Waals surface area contributed by atoms with E-state index < -0.39 is 115 Å². The summed E-state index contributed by atoms with van der Waals surface area (Å²) in [6.45, 7) is 9.38. The highest BCUT2D eigenvalue weighted by atomic mass is 16.4. The van der Waals surface area contributed by atoms with Gasteiger partial charge >= 0.3 is 11.9 Å². The highest BCUT2D eigenvalue weighted by Crippen LogP contribution is 2.12. The molecular formula is C32H58N8O11. The molecule has 51 heavy (non-hydrogen) atoms. The maximum Gasteiger partial charge on any atom is 0.326 e. The molecule has 0 spiro atoms. The first-order chi connectivity index (χ1) is 23.8. The van der Waals surface area contributed by atoms with Gasteiger partial charge in [-0.2, -0.15) is 0 Å². The van der Waals surface area contributed by atoms with Gasteiger partial charge < -0.3 is 58.7 Å². The number of carbonyl (C=O) groups is 8. The quantitative estimate of drug-likeness (QED) is 0.0426. The number of rotatable bonds is 25. The first-order valence-electron chi connectivity index (χ1n) is 17.1. The van der Waals surface area contributed by atoms with Crippen molar-refractivity contribution in [1.82, 2.24) is 31.9 Å². The van der Waals surface area contributed by atoms with Crippen molar-refractivity contribution in [3.05, 3.63) is 0 Å². The molecule has 0 saturated heterocycles. The first-order valence-corrected chi connectivity index (χ1v) is 17.1. The maximum absolute atomic E-state index is 13.3. The van der Waals surface area contributed by atoms with Crippen molar-refractivity contribution in [2.24, 2.45) is 29.2 Å². The van der Waals surface area contributed by atoms with E-state index >= 15 is 0 Å². The van der Waals surface area contributed by atoms with Crippen LogP contribution in [0, 0.1) is 17.8 Å². The third-order valence-corrected chi connectivity index (χ3v) is 7.93. The van der Waals surface area contributed by atoms with Crippen molar-refractivity contribution in [1.29, 1.82) is 0 Å². The van der Waals surface area contributed by atoms with Gasteiger partial charge in [-0.3, -0.25) is 33.6 Å². The number of aliphatic hydroxyl groups excluding tert-OH is 1. The van der Waals surface area contributed by atoms with Gasteiger partial charge in [0.1, 0.15) is 36.3 Å². The van der Waals surface area contributed by atoms with E-state index in [0.717, 1.165) is 0 Å². The molecule has 0 unspecified atom stereocenters. The van der Waals surface area contributed by atoms with Gasteiger partial charge in [0.05, 0.1) is 19.6 Å². The average Bonchev–Trinajstić information content (AvgIpc) is 3.05. The molecule has 0 rings (SSSR count). The second kappa shape index (κ2) is 23.9. The molecule has 0 aromatic carbocycles. The van der Waals surface area contributed by atoms with Crippen molar-refractivity contribution in [3.8, 4) is 0 Å². The monoisotopic (exact) mass is 730 g/mol. The van der Waals surface area contributed by atoms with Crippen molar-refractivity contribution >= 4 is 47.4 Å². The number of amides is 6. The molecule has 0 aromatic heterocycles. The molecule has 0 saturated carbocycles. The molecule has 0 aliphatic heterocycles. The lowest BCUT2D eigenvalue weighted by atomic mass is 9.96. The Balaban J connectivity index is 5.80. The van der Waals surface area contributed by atoms with Crippen LogP contribution in [0.25, 0.3) is 0 Å². The zero-order valence-electron chi connectivity index (χ0n) is 30.3. The molecule has 0 bridgehead atoms. The third-order valence-electron chi connectivity index (χ3n) is 7.93. The number of nitrogens with one attached hydrogen (secondary N) is 6. The normalized spacial score (nSPS) is 15.3. The zero-order chi connectivity index (χ0) is 39.4. The Labute approximate surface area is 298 Å². The average molecular weight is 731 g/mol. The second-order valence-electron chi connectivity index (χ2n) is 13.2. The number of hydrogen-bond acceptors (Lipinski definition) is 11. The molecule has 292 valence electrons. The van der Waals surface area contributed by atoms with Gasteiger partial charge in [-0.1, -0.05) is 48.0 Å². The maximum atomic E-state index is 13.3. The molecule has 0 aliphatic carbocycles. The fraction of sp³-hybridized carbons (Fsp3) is 0.750. The predicted molar refractivity (Wildman–Crippen MR) is 184 cm³/mol. The standard InChI is InChI=1S/C32H58N8O11/c1-7-18(6)26(40-29(47)21(12-16(2)3)37-27(45)19(34)15-41)30(48)35-14-23(42)36-20(10-8-9-11-33)28(46)39-25(17(4)5)31(49)38-22(32(50)51)13-24(43)44/h16-22,25-26,41H,7-15,33-34H2,1-6H3,(H,35,48)(H,36,42)(H,37,45)(H,38,49)(H,39,46)(H,40,47)(H,43,44)(H,50,51)/t18-,19-,20-,21-,22-,25-,26-/m0/s1. The van der Waals surface area contributed by atoms with Gasteiger partial charge in [-0.05, 0) is 50.0 Å². The van der Waals surface area contributed by atoms with E-state index in [4.69, 9.17) is 16.6 Å². The molecule has 0 radical (unpaired) electrons. The third kappa shape index (κ3) is 17.9. The summed E-state index contributed by atoms with van der Waals surface area (Å²) in [5.41, 5.74) is 11.2. The minimum atomic E-state index is -1.75. The number of carboxylic acids is 2. The summed E-state index contributed by atoms with van der Waals surface area (Å²) >= 11 is 0. The van der Waals surface area contributed by atoms with Crippen LogP contribution in [0.5, 0.6) is 0 Å². The summed E-state index contributed by atoms with van der Waals surface area (Å²) in [7, 11) is 0. The first kappa shape index (κ1) is 46.6. The van der Waals surface area contributed by atoms with Crippen LogP contribution in [-0.4, -0.2) is 119 Å². The number of carbonyl (C=O) groups excluding carboxylic acids is 6. The molecule has 0 fully saturated rings. The Morgan fingerprint density at radius 1 is 0.686 bits per heavy atom. The van der Waals surface area contributed by atoms with Crippen LogP contribution in [0.1, 0.15) is 80.1 Å². The summed E-state index contributed by atoms with van der Waals surface area (Å²) in [6.07, 6.45) is 0.778. The fourth-order valence-electron chi connectivity index (χ4n) is 4.73. The Morgan fingerprint density at radius 3 is 1.75 bits per heavy atom. The van der Waals surface area contributed by atoms with Gasteiger partial charge in [-0.15, -0.1) is 0 Å². The topological polar surface area (TPSA) is 321 Å². The Morgan fingerprint density at radius 2 is 1.25 bits per heavy atom. The van der Waals surface area contributed by atoms with E-state index in [9.17, 15) is 48.6 Å². The van der Waals surface area contributed by atoms with E-state index in [1.54, 1.807) is 27.7 Å². The van der Waals surface area contributed by atoms with E-state index in [1.165, 1.54) is 0 Å². The molecule has 0 aliphatic rings. The van der Waals surface area contributed by atoms with Crippen molar-refractivity contribution in [2.75, 3.05) is 19.7 Å². The SMILES string of the molecule is CC[C@H](C)[C@H](NC(=O)[C@H](CC(C)C)NC(=O)[C@@H](N)CO)C(=O)NCC(=O)N[C@@H](CCCCN)C(=O)N[C@H](C(=O)N[C@@H](CC(=O)O)C(=O)O)C(C)C. The Kier molecular flexibility index (Phi) is 21.9. The minimum Gasteiger partial charge on any atom is -0.481 e. The molecule has 7 atom stereocenters. The summed E-state index contributed by atoms with van der Waals surface area (Å²) in [5, 5.41) is 42.2. The van der Waals surface area contributed by atoms with Gasteiger partial charge in [0.25, 0.3) is 0 Å². The van der Waals surface area contributed by atoms with Gasteiger partial charge in [0.2, 0.25) is 35.4 Å². The van der Waals surface area contributed by atoms with Crippen LogP contribution in [0.2, 0.25) is 0 Å². The van der Waals surface area contributed by atoms with E-state index in [0.29, 0.717) is 25.8 Å². The van der Waals surface area contributed by atoms with E-state index in [1.807, 2.05) is 13.8 Å². The highest BCUT2D eigenvalue weighted by Gasteiger charge is 2.33. The molecule has 19 nitrogen and oxygen atoms in total. The van der Waals surface area contributed by atoms with Gasteiger partial charge in [0.15, 0.2) is 0 Å². The number of carboxylic acid groups (broad SMARTS) is 2. The lowest BCUT2D eigenvalue weighted by Crippen LogP contribution is -2.59. The number of unbranched alkanes of at least 4 members (excludes halogenated alkanes) is 1. The second-order valence-corrected chi connectivity index (χ2v) is 13.2. The number of aliphatic carboxylic acids is 2. The van der Waals surface area contributed by atoms with Crippen LogP contribution >= 0.6 is 0 Å². The smallest absolute Gasteiger partial charge is 0.326 e. The van der Waals surface area contributed by atoms with Crippen LogP contribution < -0.4 is 43.4 Å². The highest BCUT2D eigenvalue weighted by molar-refractivity contribution is 5.96. The van der Waals surface area contributed by atoms with E-state index in [-0.39, 0.29) is 18.8 Å². The van der Waals surface area contributed by atoms with Crippen molar-refractivity contribution in [2.45, 2.75) is 116 Å². The van der Waals surface area contributed by atoms with Gasteiger partial charge in [0, 0.05) is 0 Å². The number of hydrogen-bond donors (Lipinski definition) is 11. The van der Waals surface area contributed by atoms with Crippen LogP contribution in [0.15, 0.2) is 0 Å². The summed E-state index contributed by atoms with van der Waals surface area (Å²) in [6, 6.07) is -7.65. The van der Waals surface area contributed by atoms with Crippen LogP contribution in [0.4, 0.5) is 0 Å². The van der Waals surface area contributed by atoms with Crippen LogP contribution in [-0.2, 0) is 38.4 Å². The molecule has 13 N–H and O–H groups in total. The fourth-order valence-corrected chi connectivity index (χ4v) is 4.73. The summed E-state index contributed by atoms with van der Waals surface area (Å²) in [5.74, 6) is -8.64. The van der Waals surface area contributed by atoms with Crippen molar-refractivity contribution in [3.63, 3.8) is 0 Å². The van der Waals surface area contributed by atoms with Gasteiger partial charge in [-0.25, -0.2) is 4.79 Å². The largest absolute Gasteiger partial charge is 0.481 e. The lowest BCUT2D eigenvalue weighted by Gasteiger charge is -2.28. The van der Waals surface area contributed by atoms with Crippen LogP contribution in [0.3, 0.4) is 0 Å². The van der Waals surface area contributed by atoms with E-state index in [2.05, 4.69) is 31.9 Å². The minimum absolute atomic E-state index is 0.0373. The number of aliphatic hydroxyl groups is 1. The molecule has 0 aromatic rings. The summed E-state index contributed by atoms with van der Waals surface area (Å²) in [4.78, 5) is 101. The Bertz CT molecular complexity index is 1200. The number of nitrogens with two attached hydrogens (primary N) is 2.